The number of likely N-dealkylation sites (N-methyl/N-ethyl adjacent to an activating group) is 1. The maximum Gasteiger partial charge on any atom is 0.151 e. The van der Waals surface area contributed by atoms with Crippen LogP contribution in [0, 0.1) is 0 Å². The first-order chi connectivity index (χ1) is 13.8. The number of nitrogens with zero attached hydrogens (tertiary/aromatic N) is 4. The zero-order valence-electron chi connectivity index (χ0n) is 17.8. The van der Waals surface area contributed by atoms with E-state index in [0.717, 1.165) is 48.2 Å². The normalized spacial score (nSPS) is 16.3. The van der Waals surface area contributed by atoms with Crippen LogP contribution < -0.4 is 5.73 Å². The van der Waals surface area contributed by atoms with Crippen LogP contribution in [0.1, 0.15) is 29.9 Å². The van der Waals surface area contributed by atoms with Gasteiger partial charge < -0.3 is 19.8 Å². The van der Waals surface area contributed by atoms with Gasteiger partial charge in [0.05, 0.1) is 25.3 Å². The number of pyridine rings is 1. The van der Waals surface area contributed by atoms with E-state index in [9.17, 15) is 4.21 Å². The Morgan fingerprint density at radius 3 is 2.72 bits per heavy atom. The van der Waals surface area contributed by atoms with Crippen LogP contribution in [0.25, 0.3) is 11.0 Å². The molecule has 0 aliphatic heterocycles. The number of hydrogen-bond donors (Lipinski definition) is 1. The second-order valence-electron chi connectivity index (χ2n) is 7.67. The Balaban J connectivity index is 1.80. The summed E-state index contributed by atoms with van der Waals surface area (Å²) in [6, 6.07) is 0. The first-order valence-corrected chi connectivity index (χ1v) is 12.2. The summed E-state index contributed by atoms with van der Waals surface area (Å²) < 4.78 is 27.0. The highest BCUT2D eigenvalue weighted by molar-refractivity contribution is 7.97. The summed E-state index contributed by atoms with van der Waals surface area (Å²) in [6.45, 7) is 2.89. The van der Waals surface area contributed by atoms with Crippen LogP contribution in [-0.2, 0) is 45.0 Å². The van der Waals surface area contributed by atoms with Gasteiger partial charge in [-0.25, -0.2) is 14.3 Å². The van der Waals surface area contributed by atoms with Crippen molar-refractivity contribution in [1.82, 2.24) is 18.8 Å². The van der Waals surface area contributed by atoms with E-state index in [-0.39, 0.29) is 0 Å². The highest BCUT2D eigenvalue weighted by atomic mass is 32.2. The lowest BCUT2D eigenvalue weighted by Crippen LogP contribution is -2.29. The average molecular weight is 424 g/mol. The molecular weight excluding hydrogens is 390 g/mol. The molecule has 0 amide bonds. The molecule has 2 N–H and O–H groups in total. The third kappa shape index (κ3) is 5.09. The van der Waals surface area contributed by atoms with E-state index < -0.39 is 9.71 Å². The van der Waals surface area contributed by atoms with Gasteiger partial charge in [-0.1, -0.05) is 0 Å². The van der Waals surface area contributed by atoms with Gasteiger partial charge in [-0.05, 0) is 44.2 Å². The quantitative estimate of drug-likeness (QED) is 0.457. The number of nitrogen functional groups attached to an aromatic ring is 1. The summed E-state index contributed by atoms with van der Waals surface area (Å²) in [5, 5.41) is 0. The van der Waals surface area contributed by atoms with Crippen molar-refractivity contribution in [2.75, 3.05) is 52.5 Å². The molecule has 0 spiro atoms. The van der Waals surface area contributed by atoms with Crippen molar-refractivity contribution in [3.8, 4) is 0 Å². The number of methoxy groups -OCH3 is 1. The number of fused-ring (bicyclic) bond motifs is 3. The highest BCUT2D eigenvalue weighted by Gasteiger charge is 2.22. The van der Waals surface area contributed by atoms with Crippen LogP contribution in [-0.4, -0.2) is 75.7 Å². The second kappa shape index (κ2) is 9.42. The van der Waals surface area contributed by atoms with Gasteiger partial charge in [0.2, 0.25) is 0 Å². The van der Waals surface area contributed by atoms with E-state index in [1.165, 1.54) is 5.56 Å². The van der Waals surface area contributed by atoms with E-state index in [2.05, 4.69) is 15.4 Å². The lowest BCUT2D eigenvalue weighted by Gasteiger charge is -2.19. The minimum absolute atomic E-state index is 0.499. The van der Waals surface area contributed by atoms with Crippen molar-refractivity contribution in [1.29, 1.82) is 0 Å². The van der Waals surface area contributed by atoms with Crippen molar-refractivity contribution in [2.24, 2.45) is 0 Å². The molecule has 1 atom stereocenters. The number of nitrogens with two attached hydrogens (primary N) is 1. The Kier molecular flexibility index (Phi) is 7.15. The summed E-state index contributed by atoms with van der Waals surface area (Å²) in [6.07, 6.45) is 6.64. The van der Waals surface area contributed by atoms with E-state index in [1.54, 1.807) is 24.7 Å². The molecule has 2 aromatic heterocycles. The molecule has 8 nitrogen and oxygen atoms in total. The third-order valence-electron chi connectivity index (χ3n) is 5.47. The van der Waals surface area contributed by atoms with Gasteiger partial charge in [-0.2, -0.15) is 0 Å². The van der Waals surface area contributed by atoms with Crippen LogP contribution in [0.3, 0.4) is 0 Å². The van der Waals surface area contributed by atoms with Crippen LogP contribution in [0.15, 0.2) is 0 Å². The number of imidazole rings is 1. The monoisotopic (exact) mass is 423 g/mol. The van der Waals surface area contributed by atoms with Crippen LogP contribution in [0.5, 0.6) is 0 Å². The molecule has 3 rings (SSSR count). The van der Waals surface area contributed by atoms with Crippen molar-refractivity contribution >= 4 is 32.4 Å². The zero-order valence-corrected chi connectivity index (χ0v) is 18.6. The topological polar surface area (TPSA) is 95.5 Å². The average Bonchev–Trinajstić information content (AvgIpc) is 3.04. The summed E-state index contributed by atoms with van der Waals surface area (Å²) in [7, 11) is 1.30. The molecule has 2 aromatic rings. The lowest BCUT2D eigenvalue weighted by atomic mass is 9.95. The van der Waals surface area contributed by atoms with E-state index >= 15 is 0 Å². The molecule has 1 unspecified atom stereocenters. The molecule has 0 fully saturated rings. The Bertz CT molecular complexity index is 955. The molecular formula is C20H33N5O3S. The molecule has 29 heavy (non-hydrogen) atoms. The van der Waals surface area contributed by atoms with Gasteiger partial charge in [-0.3, -0.25) is 4.21 Å². The van der Waals surface area contributed by atoms with Crippen molar-refractivity contribution < 1.29 is 13.7 Å². The van der Waals surface area contributed by atoms with Gasteiger partial charge in [0.1, 0.15) is 11.3 Å². The van der Waals surface area contributed by atoms with Crippen LogP contribution in [0.2, 0.25) is 0 Å². The molecule has 0 saturated heterocycles. The van der Waals surface area contributed by atoms with Gasteiger partial charge >= 0.3 is 0 Å². The van der Waals surface area contributed by atoms with Gasteiger partial charge in [0, 0.05) is 48.3 Å². The van der Waals surface area contributed by atoms with Crippen molar-refractivity contribution in [2.45, 2.75) is 38.6 Å². The minimum Gasteiger partial charge on any atom is -0.384 e. The molecule has 2 heterocycles. The lowest BCUT2D eigenvalue weighted by molar-refractivity contribution is 0.119. The number of anilines is 1. The predicted octanol–water partition coefficient (Wildman–Crippen LogP) is 1.29. The first-order valence-electron chi connectivity index (χ1n) is 10.1. The highest BCUT2D eigenvalue weighted by Crippen LogP contribution is 2.31. The Hall–Kier alpha value is -1.68. The molecule has 1 aliphatic rings. The zero-order chi connectivity index (χ0) is 21.0. The molecule has 0 bridgehead atoms. The second-order valence-corrected chi connectivity index (χ2v) is 10.2. The summed E-state index contributed by atoms with van der Waals surface area (Å²) in [5.41, 5.74) is 10.5. The van der Waals surface area contributed by atoms with Gasteiger partial charge in [0.15, 0.2) is 5.82 Å². The fraction of sp³-hybridized carbons (Fsp3) is 0.650. The van der Waals surface area contributed by atoms with Crippen LogP contribution in [0.4, 0.5) is 5.82 Å². The third-order valence-corrected chi connectivity index (χ3v) is 6.97. The molecule has 9 heteroatoms. The number of rotatable bonds is 10. The molecule has 0 aromatic carbocycles. The van der Waals surface area contributed by atoms with E-state index in [4.69, 9.17) is 20.2 Å². The minimum atomic E-state index is -2.19. The molecule has 0 saturated carbocycles. The Labute approximate surface area is 173 Å². The number of aryl methyl sites for hydroxylation is 2. The van der Waals surface area contributed by atoms with Crippen molar-refractivity contribution in [3.05, 3.63) is 17.1 Å². The largest absolute Gasteiger partial charge is 0.384 e. The fourth-order valence-electron chi connectivity index (χ4n) is 3.72. The molecule has 162 valence electrons. The van der Waals surface area contributed by atoms with E-state index in [1.807, 2.05) is 0 Å². The summed E-state index contributed by atoms with van der Waals surface area (Å²) in [4.78, 5) is 9.43. The number of aromatic nitrogens is 3. The molecule has 0 radical (unpaired) electrons. The predicted molar refractivity (Wildman–Crippen MR) is 119 cm³/mol. The standard InChI is InChI=1S/C20H33N5O3S/c1-24(29(3,4)26)10-13-28-14-11-25-17(9-12-27-2)23-18-19(25)15-7-5-6-8-16(15)22-20(18)21/h3,5-14H2,1-2,4H3,(H2,21,22). The van der Waals surface area contributed by atoms with Gasteiger partial charge in [0.25, 0.3) is 0 Å². The summed E-state index contributed by atoms with van der Waals surface area (Å²) >= 11 is 0. The number of ether oxygens (including phenoxy) is 2. The number of hydrogen-bond acceptors (Lipinski definition) is 6. The molecule has 1 aliphatic carbocycles. The smallest absolute Gasteiger partial charge is 0.151 e. The summed E-state index contributed by atoms with van der Waals surface area (Å²) in [5.74, 6) is 5.15. The fourth-order valence-corrected chi connectivity index (χ4v) is 4.18. The van der Waals surface area contributed by atoms with Crippen molar-refractivity contribution in [3.63, 3.8) is 0 Å². The van der Waals surface area contributed by atoms with E-state index in [0.29, 0.717) is 45.1 Å². The van der Waals surface area contributed by atoms with Crippen LogP contribution >= 0.6 is 0 Å². The SMILES string of the molecule is C=S(C)(=O)N(C)CCOCCn1c(CCOC)nc2c(N)nc3c(c21)CCCC3. The maximum atomic E-state index is 11.9. The maximum absolute atomic E-state index is 11.9. The first kappa shape index (κ1) is 22.0. The Morgan fingerprint density at radius 1 is 1.24 bits per heavy atom. The Morgan fingerprint density at radius 2 is 2.00 bits per heavy atom. The van der Waals surface area contributed by atoms with Gasteiger partial charge in [-0.15, -0.1) is 0 Å².